The summed E-state index contributed by atoms with van der Waals surface area (Å²) in [5, 5.41) is 11.5. The molecule has 0 aromatic heterocycles. The minimum Gasteiger partial charge on any atom is -0.480 e. The molecule has 5 nitrogen and oxygen atoms in total. The highest BCUT2D eigenvalue weighted by Gasteiger charge is 2.13. The molecule has 1 rings (SSSR count). The Labute approximate surface area is 100 Å². The molecular weight excluding hydrogens is 242 g/mol. The lowest BCUT2D eigenvalue weighted by Crippen LogP contribution is -2.25. The number of carbonyl (C=O) groups is 1. The van der Waals surface area contributed by atoms with E-state index in [4.69, 9.17) is 5.11 Å². The summed E-state index contributed by atoms with van der Waals surface area (Å²) in [6, 6.07) is 5.33. The third-order valence-electron chi connectivity index (χ3n) is 2.35. The standard InChI is InChI=1S/C11H15NO4S/c1-3-17(15,16)10-6-4-9(5-7-10)12-8(2)11(13)14/h4-8,12H,3H2,1-2H3,(H,13,14)/t8-/m1/s1. The Morgan fingerprint density at radius 3 is 2.29 bits per heavy atom. The summed E-state index contributed by atoms with van der Waals surface area (Å²) in [5.74, 6) is -0.916. The van der Waals surface area contributed by atoms with E-state index in [1.165, 1.54) is 19.1 Å². The molecule has 1 atom stereocenters. The van der Waals surface area contributed by atoms with Gasteiger partial charge < -0.3 is 10.4 Å². The van der Waals surface area contributed by atoms with Crippen molar-refractivity contribution in [3.63, 3.8) is 0 Å². The molecule has 0 bridgehead atoms. The van der Waals surface area contributed by atoms with Crippen molar-refractivity contribution in [2.75, 3.05) is 11.1 Å². The molecule has 0 radical (unpaired) electrons. The number of carboxylic acids is 1. The molecule has 0 amide bonds. The second kappa shape index (κ2) is 5.18. The second-order valence-electron chi connectivity index (χ2n) is 3.63. The number of carboxylic acid groups (broad SMARTS) is 1. The monoisotopic (exact) mass is 257 g/mol. The van der Waals surface area contributed by atoms with Crippen LogP contribution in [0.4, 0.5) is 5.69 Å². The van der Waals surface area contributed by atoms with Crippen molar-refractivity contribution in [1.82, 2.24) is 0 Å². The number of hydrogen-bond acceptors (Lipinski definition) is 4. The molecule has 0 aliphatic carbocycles. The SMILES string of the molecule is CCS(=O)(=O)c1ccc(N[C@H](C)C(=O)O)cc1. The zero-order valence-corrected chi connectivity index (χ0v) is 10.5. The smallest absolute Gasteiger partial charge is 0.325 e. The molecule has 6 heteroatoms. The molecule has 2 N–H and O–H groups in total. The summed E-state index contributed by atoms with van der Waals surface area (Å²) >= 11 is 0. The van der Waals surface area contributed by atoms with Gasteiger partial charge in [-0.3, -0.25) is 4.79 Å². The quantitative estimate of drug-likeness (QED) is 0.832. The van der Waals surface area contributed by atoms with E-state index in [9.17, 15) is 13.2 Å². The number of nitrogens with one attached hydrogen (secondary N) is 1. The van der Waals surface area contributed by atoms with E-state index in [1.807, 2.05) is 0 Å². The molecule has 0 spiro atoms. The van der Waals surface area contributed by atoms with Gasteiger partial charge in [0.25, 0.3) is 0 Å². The third kappa shape index (κ3) is 3.45. The highest BCUT2D eigenvalue weighted by Crippen LogP contribution is 2.15. The zero-order valence-electron chi connectivity index (χ0n) is 9.67. The van der Waals surface area contributed by atoms with Gasteiger partial charge in [0.2, 0.25) is 0 Å². The Hall–Kier alpha value is -1.56. The molecule has 0 aliphatic rings. The molecular formula is C11H15NO4S. The molecule has 0 saturated heterocycles. The molecule has 94 valence electrons. The van der Waals surface area contributed by atoms with E-state index in [-0.39, 0.29) is 10.6 Å². The fourth-order valence-electron chi connectivity index (χ4n) is 1.24. The van der Waals surface area contributed by atoms with Gasteiger partial charge in [-0.1, -0.05) is 6.92 Å². The molecule has 0 saturated carbocycles. The van der Waals surface area contributed by atoms with E-state index in [0.29, 0.717) is 5.69 Å². The Kier molecular flexibility index (Phi) is 4.11. The summed E-state index contributed by atoms with van der Waals surface area (Å²) in [7, 11) is -3.20. The molecule has 0 heterocycles. The molecule has 1 aromatic rings. The second-order valence-corrected chi connectivity index (χ2v) is 5.91. The van der Waals surface area contributed by atoms with Gasteiger partial charge in [0.15, 0.2) is 9.84 Å². The van der Waals surface area contributed by atoms with E-state index in [1.54, 1.807) is 19.1 Å². The van der Waals surface area contributed by atoms with Gasteiger partial charge in [-0.15, -0.1) is 0 Å². The summed E-state index contributed by atoms with van der Waals surface area (Å²) in [6.07, 6.45) is 0. The first-order chi connectivity index (χ1) is 7.86. The van der Waals surface area contributed by atoms with Crippen LogP contribution in [0, 0.1) is 0 Å². The number of hydrogen-bond donors (Lipinski definition) is 2. The van der Waals surface area contributed by atoms with Crippen LogP contribution in [-0.4, -0.2) is 31.3 Å². The Balaban J connectivity index is 2.86. The average molecular weight is 257 g/mol. The van der Waals surface area contributed by atoms with Crippen LogP contribution in [0.5, 0.6) is 0 Å². The van der Waals surface area contributed by atoms with Crippen molar-refractivity contribution in [2.24, 2.45) is 0 Å². The first kappa shape index (κ1) is 13.5. The van der Waals surface area contributed by atoms with Crippen molar-refractivity contribution in [3.05, 3.63) is 24.3 Å². The lowest BCUT2D eigenvalue weighted by Gasteiger charge is -2.11. The Morgan fingerprint density at radius 2 is 1.88 bits per heavy atom. The highest BCUT2D eigenvalue weighted by atomic mass is 32.2. The van der Waals surface area contributed by atoms with Gasteiger partial charge in [0.1, 0.15) is 6.04 Å². The van der Waals surface area contributed by atoms with Crippen molar-refractivity contribution in [1.29, 1.82) is 0 Å². The first-order valence-corrected chi connectivity index (χ1v) is 6.84. The van der Waals surface area contributed by atoms with E-state index >= 15 is 0 Å². The van der Waals surface area contributed by atoms with Gasteiger partial charge in [0, 0.05) is 5.69 Å². The van der Waals surface area contributed by atoms with Crippen LogP contribution in [0.3, 0.4) is 0 Å². The number of sulfone groups is 1. The van der Waals surface area contributed by atoms with E-state index < -0.39 is 21.8 Å². The summed E-state index contributed by atoms with van der Waals surface area (Å²) in [5.41, 5.74) is 0.579. The molecule has 0 fully saturated rings. The normalized spacial score (nSPS) is 13.1. The van der Waals surface area contributed by atoms with Gasteiger partial charge in [0.05, 0.1) is 10.6 Å². The maximum absolute atomic E-state index is 11.5. The van der Waals surface area contributed by atoms with Crippen LogP contribution < -0.4 is 5.32 Å². The Morgan fingerprint density at radius 1 is 1.35 bits per heavy atom. The minimum absolute atomic E-state index is 0.0469. The van der Waals surface area contributed by atoms with Gasteiger partial charge in [-0.05, 0) is 31.2 Å². The predicted octanol–water partition coefficient (Wildman–Crippen LogP) is 1.37. The van der Waals surface area contributed by atoms with Gasteiger partial charge in [-0.2, -0.15) is 0 Å². The number of anilines is 1. The zero-order chi connectivity index (χ0) is 13.1. The number of rotatable bonds is 5. The van der Waals surface area contributed by atoms with E-state index in [2.05, 4.69) is 5.32 Å². The molecule has 1 aromatic carbocycles. The fourth-order valence-corrected chi connectivity index (χ4v) is 2.12. The van der Waals surface area contributed by atoms with Gasteiger partial charge in [-0.25, -0.2) is 8.42 Å². The van der Waals surface area contributed by atoms with Crippen LogP contribution in [-0.2, 0) is 14.6 Å². The Bertz CT molecular complexity index is 493. The predicted molar refractivity (Wildman–Crippen MR) is 64.9 cm³/mol. The van der Waals surface area contributed by atoms with Crippen molar-refractivity contribution in [3.8, 4) is 0 Å². The van der Waals surface area contributed by atoms with Crippen LogP contribution in [0.25, 0.3) is 0 Å². The fraction of sp³-hybridized carbons (Fsp3) is 0.364. The maximum atomic E-state index is 11.5. The van der Waals surface area contributed by atoms with Crippen molar-refractivity contribution in [2.45, 2.75) is 24.8 Å². The highest BCUT2D eigenvalue weighted by molar-refractivity contribution is 7.91. The third-order valence-corrected chi connectivity index (χ3v) is 4.10. The van der Waals surface area contributed by atoms with Crippen LogP contribution in [0.15, 0.2) is 29.2 Å². The molecule has 17 heavy (non-hydrogen) atoms. The van der Waals surface area contributed by atoms with E-state index in [0.717, 1.165) is 0 Å². The van der Waals surface area contributed by atoms with Gasteiger partial charge >= 0.3 is 5.97 Å². The lowest BCUT2D eigenvalue weighted by atomic mass is 10.2. The average Bonchev–Trinajstić information content (AvgIpc) is 2.29. The first-order valence-electron chi connectivity index (χ1n) is 5.19. The summed E-state index contributed by atoms with van der Waals surface area (Å²) in [4.78, 5) is 10.9. The number of aliphatic carboxylic acids is 1. The maximum Gasteiger partial charge on any atom is 0.325 e. The minimum atomic E-state index is -3.20. The van der Waals surface area contributed by atoms with Crippen LogP contribution in [0.2, 0.25) is 0 Å². The molecule has 0 unspecified atom stereocenters. The largest absolute Gasteiger partial charge is 0.480 e. The summed E-state index contributed by atoms with van der Waals surface area (Å²) < 4.78 is 23.1. The number of benzene rings is 1. The van der Waals surface area contributed by atoms with Crippen molar-refractivity contribution >= 4 is 21.5 Å². The summed E-state index contributed by atoms with van der Waals surface area (Å²) in [6.45, 7) is 3.09. The van der Waals surface area contributed by atoms with Crippen LogP contribution in [0.1, 0.15) is 13.8 Å². The van der Waals surface area contributed by atoms with Crippen molar-refractivity contribution < 1.29 is 18.3 Å². The molecule has 0 aliphatic heterocycles. The lowest BCUT2D eigenvalue weighted by molar-refractivity contribution is -0.137. The van der Waals surface area contributed by atoms with Crippen LogP contribution >= 0.6 is 0 Å². The topological polar surface area (TPSA) is 83.5 Å².